The lowest BCUT2D eigenvalue weighted by Crippen LogP contribution is -2.45. The van der Waals surface area contributed by atoms with Crippen LogP contribution in [0.2, 0.25) is 0 Å². The van der Waals surface area contributed by atoms with Gasteiger partial charge in [0.15, 0.2) is 0 Å². The molecule has 1 aliphatic carbocycles. The van der Waals surface area contributed by atoms with Crippen molar-refractivity contribution in [1.82, 2.24) is 4.98 Å². The highest BCUT2D eigenvalue weighted by molar-refractivity contribution is 9.10. The first-order chi connectivity index (χ1) is 8.15. The molecule has 2 rings (SSSR count). The van der Waals surface area contributed by atoms with Crippen molar-refractivity contribution < 1.29 is 5.11 Å². The van der Waals surface area contributed by atoms with Crippen LogP contribution < -0.4 is 5.32 Å². The third-order valence-corrected chi connectivity index (χ3v) is 4.32. The summed E-state index contributed by atoms with van der Waals surface area (Å²) < 4.78 is 0.950. The molecule has 0 amide bonds. The molecule has 1 aromatic heterocycles. The maximum Gasteiger partial charge on any atom is 0.140 e. The molecule has 4 heteroatoms. The highest BCUT2D eigenvalue weighted by Gasteiger charge is 2.34. The fourth-order valence-corrected chi connectivity index (χ4v) is 2.72. The smallest absolute Gasteiger partial charge is 0.140 e. The molecule has 0 aliphatic heterocycles. The number of aromatic nitrogens is 1. The summed E-state index contributed by atoms with van der Waals surface area (Å²) in [6.07, 6.45) is 6.11. The third-order valence-electron chi connectivity index (χ3n) is 3.68. The van der Waals surface area contributed by atoms with Gasteiger partial charge in [-0.05, 0) is 59.7 Å². The van der Waals surface area contributed by atoms with Gasteiger partial charge < -0.3 is 10.4 Å². The monoisotopic (exact) mass is 298 g/mol. The number of hydrogen-bond acceptors (Lipinski definition) is 3. The summed E-state index contributed by atoms with van der Waals surface area (Å²) in [5, 5.41) is 13.1. The van der Waals surface area contributed by atoms with Crippen molar-refractivity contribution in [1.29, 1.82) is 0 Å². The van der Waals surface area contributed by atoms with Crippen molar-refractivity contribution in [2.75, 3.05) is 11.9 Å². The number of aliphatic hydroxyl groups excluding tert-OH is 1. The van der Waals surface area contributed by atoms with E-state index in [1.165, 1.54) is 0 Å². The van der Waals surface area contributed by atoms with E-state index in [2.05, 4.69) is 33.2 Å². The van der Waals surface area contributed by atoms with E-state index in [-0.39, 0.29) is 12.1 Å². The van der Waals surface area contributed by atoms with Gasteiger partial charge in [0, 0.05) is 6.20 Å². The Morgan fingerprint density at radius 3 is 2.82 bits per heavy atom. The Bertz CT molecular complexity index is 375. The minimum atomic E-state index is -0.191. The molecule has 0 unspecified atom stereocenters. The van der Waals surface area contributed by atoms with Gasteiger partial charge in [-0.3, -0.25) is 0 Å². The van der Waals surface area contributed by atoms with Crippen LogP contribution >= 0.6 is 15.9 Å². The van der Waals surface area contributed by atoms with Crippen molar-refractivity contribution >= 4 is 21.7 Å². The molecular weight excluding hydrogens is 280 g/mol. The summed E-state index contributed by atoms with van der Waals surface area (Å²) in [4.78, 5) is 4.32. The summed E-state index contributed by atoms with van der Waals surface area (Å²) in [7, 11) is 0. The first-order valence-corrected chi connectivity index (χ1v) is 6.94. The number of nitrogens with zero attached hydrogens (tertiary/aromatic N) is 1. The van der Waals surface area contributed by atoms with Gasteiger partial charge >= 0.3 is 0 Å². The average molecular weight is 299 g/mol. The molecule has 94 valence electrons. The van der Waals surface area contributed by atoms with Crippen molar-refractivity contribution in [2.45, 2.75) is 38.1 Å². The Morgan fingerprint density at radius 1 is 1.53 bits per heavy atom. The minimum Gasteiger partial charge on any atom is -0.394 e. The molecule has 1 saturated carbocycles. The molecule has 2 N–H and O–H groups in total. The van der Waals surface area contributed by atoms with Crippen LogP contribution in [0, 0.1) is 5.92 Å². The standard InChI is InChI=1S/C13H19BrN2O/c1-10-4-6-13(9-17,7-5-10)16-12-11(14)3-2-8-15-12/h2-3,8,10,17H,4-7,9H2,1H3,(H,15,16). The lowest BCUT2D eigenvalue weighted by molar-refractivity contribution is 0.155. The maximum atomic E-state index is 9.67. The zero-order valence-corrected chi connectivity index (χ0v) is 11.7. The van der Waals surface area contributed by atoms with E-state index in [9.17, 15) is 5.11 Å². The van der Waals surface area contributed by atoms with E-state index in [0.717, 1.165) is 41.9 Å². The van der Waals surface area contributed by atoms with Crippen LogP contribution in [-0.4, -0.2) is 22.2 Å². The molecule has 0 saturated heterocycles. The van der Waals surface area contributed by atoms with Crippen molar-refractivity contribution in [3.05, 3.63) is 22.8 Å². The molecule has 0 radical (unpaired) electrons. The van der Waals surface area contributed by atoms with Crippen molar-refractivity contribution in [3.8, 4) is 0 Å². The number of halogens is 1. The van der Waals surface area contributed by atoms with E-state index in [0.29, 0.717) is 0 Å². The van der Waals surface area contributed by atoms with E-state index in [4.69, 9.17) is 0 Å². The summed E-state index contributed by atoms with van der Waals surface area (Å²) >= 11 is 3.48. The Hall–Kier alpha value is -0.610. The van der Waals surface area contributed by atoms with Gasteiger partial charge in [0.2, 0.25) is 0 Å². The Labute approximate surface area is 111 Å². The lowest BCUT2D eigenvalue weighted by Gasteiger charge is -2.39. The quantitative estimate of drug-likeness (QED) is 0.901. The molecular formula is C13H19BrN2O. The van der Waals surface area contributed by atoms with Crippen LogP contribution in [0.1, 0.15) is 32.6 Å². The number of rotatable bonds is 3. The van der Waals surface area contributed by atoms with Gasteiger partial charge in [-0.1, -0.05) is 6.92 Å². The van der Waals surface area contributed by atoms with Crippen LogP contribution in [0.3, 0.4) is 0 Å². The zero-order valence-electron chi connectivity index (χ0n) is 10.1. The topological polar surface area (TPSA) is 45.1 Å². The molecule has 0 spiro atoms. The highest BCUT2D eigenvalue weighted by Crippen LogP contribution is 2.35. The summed E-state index contributed by atoms with van der Waals surface area (Å²) in [5.74, 6) is 1.60. The Balaban J connectivity index is 2.12. The fraction of sp³-hybridized carbons (Fsp3) is 0.615. The summed E-state index contributed by atoms with van der Waals surface area (Å²) in [6.45, 7) is 2.45. The van der Waals surface area contributed by atoms with Crippen LogP contribution in [0.15, 0.2) is 22.8 Å². The molecule has 0 aromatic carbocycles. The molecule has 17 heavy (non-hydrogen) atoms. The normalized spacial score (nSPS) is 29.0. The molecule has 0 atom stereocenters. The van der Waals surface area contributed by atoms with E-state index in [1.807, 2.05) is 12.1 Å². The second-order valence-corrected chi connectivity index (χ2v) is 5.93. The Kier molecular flexibility index (Phi) is 4.05. The number of pyridine rings is 1. The summed E-state index contributed by atoms with van der Waals surface area (Å²) in [6, 6.07) is 3.86. The van der Waals surface area contributed by atoms with Gasteiger partial charge in [0.25, 0.3) is 0 Å². The van der Waals surface area contributed by atoms with E-state index in [1.54, 1.807) is 6.20 Å². The predicted octanol–water partition coefficient (Wildman–Crippen LogP) is 3.20. The van der Waals surface area contributed by atoms with Crippen molar-refractivity contribution in [2.24, 2.45) is 5.92 Å². The Morgan fingerprint density at radius 2 is 2.24 bits per heavy atom. The van der Waals surface area contributed by atoms with Crippen LogP contribution in [0.4, 0.5) is 5.82 Å². The molecule has 1 aromatic rings. The largest absolute Gasteiger partial charge is 0.394 e. The zero-order chi connectivity index (χ0) is 12.3. The van der Waals surface area contributed by atoms with Crippen LogP contribution in [0.5, 0.6) is 0 Å². The second-order valence-electron chi connectivity index (χ2n) is 5.08. The van der Waals surface area contributed by atoms with Crippen molar-refractivity contribution in [3.63, 3.8) is 0 Å². The van der Waals surface area contributed by atoms with E-state index >= 15 is 0 Å². The molecule has 0 bridgehead atoms. The number of hydrogen-bond donors (Lipinski definition) is 2. The molecule has 1 heterocycles. The van der Waals surface area contributed by atoms with Crippen LogP contribution in [0.25, 0.3) is 0 Å². The molecule has 3 nitrogen and oxygen atoms in total. The van der Waals surface area contributed by atoms with Gasteiger partial charge in [-0.2, -0.15) is 0 Å². The van der Waals surface area contributed by atoms with Gasteiger partial charge in [-0.25, -0.2) is 4.98 Å². The first kappa shape index (κ1) is 12.8. The number of nitrogens with one attached hydrogen (secondary N) is 1. The lowest BCUT2D eigenvalue weighted by atomic mass is 9.77. The van der Waals surface area contributed by atoms with Crippen LogP contribution in [-0.2, 0) is 0 Å². The first-order valence-electron chi connectivity index (χ1n) is 6.15. The summed E-state index contributed by atoms with van der Waals surface area (Å²) in [5.41, 5.74) is -0.191. The van der Waals surface area contributed by atoms with E-state index < -0.39 is 0 Å². The van der Waals surface area contributed by atoms with Gasteiger partial charge in [-0.15, -0.1) is 0 Å². The molecule has 1 aliphatic rings. The number of aliphatic hydroxyl groups is 1. The highest BCUT2D eigenvalue weighted by atomic mass is 79.9. The minimum absolute atomic E-state index is 0.169. The van der Waals surface area contributed by atoms with Gasteiger partial charge in [0.1, 0.15) is 5.82 Å². The average Bonchev–Trinajstić information content (AvgIpc) is 2.35. The maximum absolute atomic E-state index is 9.67. The second kappa shape index (κ2) is 5.36. The number of anilines is 1. The predicted molar refractivity (Wildman–Crippen MR) is 73.0 cm³/mol. The third kappa shape index (κ3) is 2.99. The fourth-order valence-electron chi connectivity index (χ4n) is 2.37. The van der Waals surface area contributed by atoms with Gasteiger partial charge in [0.05, 0.1) is 16.6 Å². The molecule has 1 fully saturated rings. The SMILES string of the molecule is CC1CCC(CO)(Nc2ncccc2Br)CC1.